The lowest BCUT2D eigenvalue weighted by molar-refractivity contribution is -0.135. The highest BCUT2D eigenvalue weighted by atomic mass is 19.4. The van der Waals surface area contributed by atoms with E-state index in [9.17, 15) is 13.2 Å². The van der Waals surface area contributed by atoms with E-state index in [1.807, 2.05) is 31.2 Å². The highest BCUT2D eigenvalue weighted by molar-refractivity contribution is 5.27. The summed E-state index contributed by atoms with van der Waals surface area (Å²) >= 11 is 0. The molecule has 0 aliphatic carbocycles. The molecule has 5 heteroatoms. The molecule has 1 atom stereocenters. The third kappa shape index (κ3) is 6.80. The Labute approximate surface area is 118 Å². The first-order valence-electron chi connectivity index (χ1n) is 6.87. The Morgan fingerprint density at radius 3 is 2.35 bits per heavy atom. The van der Waals surface area contributed by atoms with Crippen LogP contribution in [0.4, 0.5) is 13.2 Å². The van der Waals surface area contributed by atoms with Gasteiger partial charge in [0.2, 0.25) is 0 Å². The van der Waals surface area contributed by atoms with Gasteiger partial charge < -0.3 is 10.1 Å². The number of ether oxygens (including phenoxy) is 1. The van der Waals surface area contributed by atoms with E-state index in [1.165, 1.54) is 0 Å². The van der Waals surface area contributed by atoms with Crippen molar-refractivity contribution in [2.24, 2.45) is 0 Å². The predicted octanol–water partition coefficient (Wildman–Crippen LogP) is 3.95. The number of methoxy groups -OCH3 is 1. The normalized spacial score (nSPS) is 13.2. The van der Waals surface area contributed by atoms with E-state index >= 15 is 0 Å². The molecule has 0 radical (unpaired) electrons. The minimum atomic E-state index is -4.06. The van der Waals surface area contributed by atoms with E-state index in [0.29, 0.717) is 6.42 Å². The van der Waals surface area contributed by atoms with Crippen molar-refractivity contribution in [2.45, 2.75) is 44.8 Å². The van der Waals surface area contributed by atoms with Crippen LogP contribution in [0, 0.1) is 0 Å². The van der Waals surface area contributed by atoms with Crippen molar-refractivity contribution in [3.8, 4) is 5.75 Å². The maximum absolute atomic E-state index is 12.2. The van der Waals surface area contributed by atoms with Crippen molar-refractivity contribution in [1.82, 2.24) is 5.32 Å². The quantitative estimate of drug-likeness (QED) is 0.782. The third-order valence-corrected chi connectivity index (χ3v) is 3.15. The van der Waals surface area contributed by atoms with Gasteiger partial charge in [0, 0.05) is 12.5 Å². The van der Waals surface area contributed by atoms with Gasteiger partial charge in [-0.15, -0.1) is 0 Å². The van der Waals surface area contributed by atoms with Crippen molar-refractivity contribution in [2.75, 3.05) is 13.7 Å². The van der Waals surface area contributed by atoms with Crippen molar-refractivity contribution in [3.63, 3.8) is 0 Å². The van der Waals surface area contributed by atoms with E-state index in [1.54, 1.807) is 7.11 Å². The summed E-state index contributed by atoms with van der Waals surface area (Å²) in [5, 5.41) is 3.25. The van der Waals surface area contributed by atoms with Gasteiger partial charge in [0.05, 0.1) is 7.11 Å². The molecule has 0 aliphatic rings. The maximum atomic E-state index is 12.2. The minimum absolute atomic E-state index is 0.0794. The van der Waals surface area contributed by atoms with E-state index in [2.05, 4.69) is 5.32 Å². The molecule has 0 aromatic heterocycles. The lowest BCUT2D eigenvalue weighted by Gasteiger charge is -2.18. The van der Waals surface area contributed by atoms with Crippen LogP contribution >= 0.6 is 0 Å². The van der Waals surface area contributed by atoms with E-state index in [0.717, 1.165) is 24.3 Å². The van der Waals surface area contributed by atoms with E-state index < -0.39 is 12.6 Å². The fraction of sp³-hybridized carbons (Fsp3) is 0.600. The first-order valence-corrected chi connectivity index (χ1v) is 6.87. The van der Waals surface area contributed by atoms with Gasteiger partial charge in [-0.2, -0.15) is 13.2 Å². The van der Waals surface area contributed by atoms with Crippen molar-refractivity contribution >= 4 is 0 Å². The van der Waals surface area contributed by atoms with Gasteiger partial charge >= 0.3 is 6.18 Å². The highest BCUT2D eigenvalue weighted by Gasteiger charge is 2.26. The Bertz CT molecular complexity index is 376. The SMILES string of the molecule is CCNC(CCCC(F)(F)F)Cc1ccc(OC)cc1. The second kappa shape index (κ2) is 8.15. The Morgan fingerprint density at radius 2 is 1.85 bits per heavy atom. The number of halogens is 3. The Hall–Kier alpha value is -1.23. The fourth-order valence-corrected chi connectivity index (χ4v) is 2.16. The zero-order chi connectivity index (χ0) is 15.0. The van der Waals surface area contributed by atoms with Gasteiger partial charge in [0.25, 0.3) is 0 Å². The zero-order valence-corrected chi connectivity index (χ0v) is 12.0. The molecule has 1 aromatic carbocycles. The smallest absolute Gasteiger partial charge is 0.389 e. The molecule has 0 saturated heterocycles. The molecule has 114 valence electrons. The number of benzene rings is 1. The number of nitrogens with one attached hydrogen (secondary N) is 1. The number of alkyl halides is 3. The van der Waals surface area contributed by atoms with Crippen LogP contribution in [-0.2, 0) is 6.42 Å². The summed E-state index contributed by atoms with van der Waals surface area (Å²) in [6.07, 6.45) is -3.35. The van der Waals surface area contributed by atoms with Crippen LogP contribution in [0.2, 0.25) is 0 Å². The van der Waals surface area contributed by atoms with E-state index in [4.69, 9.17) is 4.74 Å². The van der Waals surface area contributed by atoms with Gasteiger partial charge in [0.15, 0.2) is 0 Å². The molecular weight excluding hydrogens is 267 g/mol. The maximum Gasteiger partial charge on any atom is 0.389 e. The highest BCUT2D eigenvalue weighted by Crippen LogP contribution is 2.23. The molecule has 1 N–H and O–H groups in total. The van der Waals surface area contributed by atoms with Crippen molar-refractivity contribution in [1.29, 1.82) is 0 Å². The molecule has 0 spiro atoms. The lowest BCUT2D eigenvalue weighted by Crippen LogP contribution is -2.31. The molecule has 2 nitrogen and oxygen atoms in total. The molecule has 1 unspecified atom stereocenters. The molecular formula is C15H22F3NO. The summed E-state index contributed by atoms with van der Waals surface area (Å²) in [4.78, 5) is 0. The van der Waals surface area contributed by atoms with Crippen LogP contribution in [0.3, 0.4) is 0 Å². The van der Waals surface area contributed by atoms with Crippen LogP contribution in [-0.4, -0.2) is 25.9 Å². The Kier molecular flexibility index (Phi) is 6.85. The summed E-state index contributed by atoms with van der Waals surface area (Å²) < 4.78 is 41.6. The van der Waals surface area contributed by atoms with Gasteiger partial charge in [-0.05, 0) is 43.5 Å². The summed E-state index contributed by atoms with van der Waals surface area (Å²) in [5.41, 5.74) is 1.10. The molecule has 0 bridgehead atoms. The second-order valence-corrected chi connectivity index (χ2v) is 4.81. The first kappa shape index (κ1) is 16.8. The van der Waals surface area contributed by atoms with Crippen molar-refractivity contribution in [3.05, 3.63) is 29.8 Å². The summed E-state index contributed by atoms with van der Waals surface area (Å²) in [6, 6.07) is 7.72. The Morgan fingerprint density at radius 1 is 1.20 bits per heavy atom. The summed E-state index contributed by atoms with van der Waals surface area (Å²) in [5.74, 6) is 0.783. The molecule has 1 aromatic rings. The first-order chi connectivity index (χ1) is 9.44. The zero-order valence-electron chi connectivity index (χ0n) is 12.0. The van der Waals surface area contributed by atoms with Gasteiger partial charge in [0.1, 0.15) is 5.75 Å². The van der Waals surface area contributed by atoms with Gasteiger partial charge in [-0.3, -0.25) is 0 Å². The number of rotatable bonds is 8. The second-order valence-electron chi connectivity index (χ2n) is 4.81. The average molecular weight is 289 g/mol. The lowest BCUT2D eigenvalue weighted by atomic mass is 10.0. The molecule has 0 aliphatic heterocycles. The number of hydrogen-bond acceptors (Lipinski definition) is 2. The van der Waals surface area contributed by atoms with E-state index in [-0.39, 0.29) is 12.5 Å². The largest absolute Gasteiger partial charge is 0.497 e. The molecule has 0 amide bonds. The predicted molar refractivity (Wildman–Crippen MR) is 74.1 cm³/mol. The third-order valence-electron chi connectivity index (χ3n) is 3.15. The van der Waals surface area contributed by atoms with Crippen LogP contribution in [0.25, 0.3) is 0 Å². The fourth-order valence-electron chi connectivity index (χ4n) is 2.16. The van der Waals surface area contributed by atoms with Crippen LogP contribution in [0.5, 0.6) is 5.75 Å². The Balaban J connectivity index is 2.48. The van der Waals surface area contributed by atoms with Gasteiger partial charge in [-0.25, -0.2) is 0 Å². The average Bonchev–Trinajstić information content (AvgIpc) is 2.38. The van der Waals surface area contributed by atoms with Gasteiger partial charge in [-0.1, -0.05) is 19.1 Å². The monoisotopic (exact) mass is 289 g/mol. The minimum Gasteiger partial charge on any atom is -0.497 e. The molecule has 0 heterocycles. The number of hydrogen-bond donors (Lipinski definition) is 1. The number of likely N-dealkylation sites (N-methyl/N-ethyl adjacent to an activating group) is 1. The van der Waals surface area contributed by atoms with Crippen LogP contribution in [0.15, 0.2) is 24.3 Å². The standard InChI is InChI=1S/C15H22F3NO/c1-3-19-13(5-4-10-15(16,17)18)11-12-6-8-14(20-2)9-7-12/h6-9,13,19H,3-5,10-11H2,1-2H3. The summed E-state index contributed by atoms with van der Waals surface area (Å²) in [6.45, 7) is 2.72. The van der Waals surface area contributed by atoms with Crippen molar-refractivity contribution < 1.29 is 17.9 Å². The molecule has 0 saturated carbocycles. The molecule has 0 fully saturated rings. The van der Waals surface area contributed by atoms with Crippen LogP contribution < -0.4 is 10.1 Å². The topological polar surface area (TPSA) is 21.3 Å². The molecule has 1 rings (SSSR count). The van der Waals surface area contributed by atoms with Crippen LogP contribution in [0.1, 0.15) is 31.7 Å². The summed E-state index contributed by atoms with van der Waals surface area (Å²) in [7, 11) is 1.60. The molecule has 20 heavy (non-hydrogen) atoms.